The zero-order valence-corrected chi connectivity index (χ0v) is 28.6. The summed E-state index contributed by atoms with van der Waals surface area (Å²) in [7, 11) is 0. The fraction of sp³-hybridized carbons (Fsp3) is 0.639. The number of ether oxygens (including phenoxy) is 2. The number of carbonyl (C=O) groups is 5. The molecular weight excluding hydrogens is 630 g/mol. The highest BCUT2D eigenvalue weighted by Crippen LogP contribution is 2.46. The van der Waals surface area contributed by atoms with E-state index in [9.17, 15) is 29.1 Å². The third-order valence-corrected chi connectivity index (χ3v) is 10.0. The molecule has 1 unspecified atom stereocenters. The van der Waals surface area contributed by atoms with Gasteiger partial charge in [0.2, 0.25) is 24.1 Å². The predicted molar refractivity (Wildman–Crippen MR) is 177 cm³/mol. The molecule has 4 N–H and O–H groups in total. The highest BCUT2D eigenvalue weighted by Gasteiger charge is 2.61. The Morgan fingerprint density at radius 1 is 1.04 bits per heavy atom. The normalized spacial score (nSPS) is 30.1. The van der Waals surface area contributed by atoms with Gasteiger partial charge in [0.25, 0.3) is 5.91 Å². The maximum absolute atomic E-state index is 14.3. The molecule has 3 fully saturated rings. The molecule has 2 saturated carbocycles. The van der Waals surface area contributed by atoms with Crippen LogP contribution in [-0.4, -0.2) is 86.9 Å². The number of fused-ring (bicyclic) bond motifs is 3. The van der Waals surface area contributed by atoms with E-state index < -0.39 is 59.6 Å². The molecule has 1 aromatic carbocycles. The lowest BCUT2D eigenvalue weighted by molar-refractivity contribution is -0.188. The van der Waals surface area contributed by atoms with Crippen molar-refractivity contribution in [2.75, 3.05) is 6.54 Å². The van der Waals surface area contributed by atoms with Crippen molar-refractivity contribution >= 4 is 29.7 Å². The summed E-state index contributed by atoms with van der Waals surface area (Å²) in [5.41, 5.74) is 0.0601. The first-order valence-electron chi connectivity index (χ1n) is 17.6. The molecule has 3 aliphatic heterocycles. The molecule has 0 aromatic heterocycles. The molecule has 3 heterocycles. The monoisotopic (exact) mass is 679 g/mol. The van der Waals surface area contributed by atoms with Gasteiger partial charge in [-0.3, -0.25) is 34.7 Å². The zero-order chi connectivity index (χ0) is 34.9. The summed E-state index contributed by atoms with van der Waals surface area (Å²) in [5.74, 6) is -2.38. The van der Waals surface area contributed by atoms with Crippen molar-refractivity contribution in [3.8, 4) is 0 Å². The topological polar surface area (TPSA) is 167 Å². The first kappa shape index (κ1) is 35.0. The highest BCUT2D eigenvalue weighted by molar-refractivity contribution is 6.05. The predicted octanol–water partition coefficient (Wildman–Crippen LogP) is 2.61. The second-order valence-corrected chi connectivity index (χ2v) is 15.1. The number of allylic oxidation sites excluding steroid dienone is 1. The van der Waals surface area contributed by atoms with Crippen LogP contribution in [0.25, 0.3) is 0 Å². The van der Waals surface area contributed by atoms with Crippen LogP contribution in [0.1, 0.15) is 89.7 Å². The molecular formula is C36H49N5O8. The molecule has 1 aromatic rings. The van der Waals surface area contributed by atoms with Gasteiger partial charge in [-0.25, -0.2) is 4.79 Å². The Morgan fingerprint density at radius 2 is 1.76 bits per heavy atom. The SMILES string of the molecule is CC(C)(C)OC(O)N[C@H]1CCCCC/C=C\[C@@H]2C[C@@]2(C(=O)NC(=O)C2CC2)NC(=O)[C@@H]2C[C@@H](OC(=O)N3Cc4ccccc4C3)CN2C1=O. The van der Waals surface area contributed by atoms with Crippen molar-refractivity contribution in [1.29, 1.82) is 0 Å². The van der Waals surface area contributed by atoms with Gasteiger partial charge in [-0.1, -0.05) is 49.3 Å². The Morgan fingerprint density at radius 3 is 2.43 bits per heavy atom. The third-order valence-electron chi connectivity index (χ3n) is 10.0. The van der Waals surface area contributed by atoms with Gasteiger partial charge in [-0.15, -0.1) is 0 Å². The van der Waals surface area contributed by atoms with Gasteiger partial charge in [0, 0.05) is 31.3 Å². The van der Waals surface area contributed by atoms with Crippen LogP contribution < -0.4 is 16.0 Å². The van der Waals surface area contributed by atoms with E-state index in [1.807, 2.05) is 36.4 Å². The van der Waals surface area contributed by atoms with Gasteiger partial charge in [-0.05, 0) is 70.4 Å². The molecule has 0 spiro atoms. The Hall–Kier alpha value is -3.81. The number of nitrogens with one attached hydrogen (secondary N) is 3. The molecule has 1 saturated heterocycles. The highest BCUT2D eigenvalue weighted by atomic mass is 16.6. The number of benzene rings is 1. The first-order valence-corrected chi connectivity index (χ1v) is 17.6. The van der Waals surface area contributed by atoms with Gasteiger partial charge >= 0.3 is 6.09 Å². The number of aliphatic hydroxyl groups excluding tert-OH is 1. The minimum absolute atomic E-state index is 0.0249. The second kappa shape index (κ2) is 14.2. The van der Waals surface area contributed by atoms with Crippen LogP contribution in [0.5, 0.6) is 0 Å². The van der Waals surface area contributed by atoms with Crippen molar-refractivity contribution in [2.45, 2.75) is 127 Å². The number of rotatable bonds is 6. The smallest absolute Gasteiger partial charge is 0.410 e. The van der Waals surface area contributed by atoms with Crippen molar-refractivity contribution in [1.82, 2.24) is 25.8 Å². The second-order valence-electron chi connectivity index (χ2n) is 15.1. The van der Waals surface area contributed by atoms with Gasteiger partial charge in [0.15, 0.2) is 0 Å². The molecule has 0 bridgehead atoms. The number of hydrogen-bond acceptors (Lipinski definition) is 9. The van der Waals surface area contributed by atoms with E-state index in [1.165, 1.54) is 4.90 Å². The lowest BCUT2D eigenvalue weighted by atomic mass is 10.0. The van der Waals surface area contributed by atoms with Gasteiger partial charge < -0.3 is 24.8 Å². The Bertz CT molecular complexity index is 1460. The van der Waals surface area contributed by atoms with E-state index in [0.29, 0.717) is 32.4 Å². The molecule has 2 aliphatic carbocycles. The van der Waals surface area contributed by atoms with Crippen LogP contribution in [0.2, 0.25) is 0 Å². The minimum Gasteiger partial charge on any atom is -0.444 e. The summed E-state index contributed by atoms with van der Waals surface area (Å²) >= 11 is 0. The van der Waals surface area contributed by atoms with Crippen LogP contribution in [0, 0.1) is 11.8 Å². The standard InChI is InChI=1S/C36H49N5O8/c1-35(2,3)49-33(46)37-27-14-8-6-4-5-7-13-25-18-36(25,32(45)38-29(42)22-15-16-22)39-30(43)28-17-26(21-41(28)31(27)44)48-34(47)40-19-23-11-9-10-12-24(23)20-40/h7,9-13,22,25-28,33,37,46H,4-6,8,14-21H2,1-3H3,(H,39,43)(H,38,42,45)/b13-7-/t25-,26-,27+,28+,33?,36-/m1/s1. The average Bonchev–Trinajstić information content (AvgIpc) is 3.92. The molecule has 5 amide bonds. The number of carbonyl (C=O) groups excluding carboxylic acids is 5. The Labute approximate surface area is 287 Å². The minimum atomic E-state index is -1.44. The molecule has 266 valence electrons. The van der Waals surface area contributed by atoms with Crippen molar-refractivity contribution in [3.63, 3.8) is 0 Å². The van der Waals surface area contributed by atoms with Crippen LogP contribution in [0.15, 0.2) is 36.4 Å². The van der Waals surface area contributed by atoms with Crippen LogP contribution >= 0.6 is 0 Å². The number of imide groups is 1. The van der Waals surface area contributed by atoms with Crippen molar-refractivity contribution in [2.24, 2.45) is 11.8 Å². The number of aliphatic hydroxyl groups is 1. The summed E-state index contributed by atoms with van der Waals surface area (Å²) in [4.78, 5) is 70.9. The molecule has 6 rings (SSSR count). The van der Waals surface area contributed by atoms with E-state index in [2.05, 4.69) is 16.0 Å². The summed E-state index contributed by atoms with van der Waals surface area (Å²) in [6, 6.07) is 5.82. The molecule has 5 aliphatic rings. The summed E-state index contributed by atoms with van der Waals surface area (Å²) < 4.78 is 11.6. The fourth-order valence-corrected chi connectivity index (χ4v) is 7.08. The van der Waals surface area contributed by atoms with Crippen molar-refractivity contribution < 1.29 is 38.6 Å². The van der Waals surface area contributed by atoms with Crippen LogP contribution in [-0.2, 0) is 41.7 Å². The van der Waals surface area contributed by atoms with Crippen LogP contribution in [0.3, 0.4) is 0 Å². The summed E-state index contributed by atoms with van der Waals surface area (Å²) in [6.07, 6.45) is 6.46. The Kier molecular flexibility index (Phi) is 10.2. The summed E-state index contributed by atoms with van der Waals surface area (Å²) in [5, 5.41) is 19.1. The maximum atomic E-state index is 14.3. The number of hydrogen-bond donors (Lipinski definition) is 4. The molecule has 49 heavy (non-hydrogen) atoms. The quantitative estimate of drug-likeness (QED) is 0.201. The van der Waals surface area contributed by atoms with E-state index in [1.54, 1.807) is 25.7 Å². The largest absolute Gasteiger partial charge is 0.444 e. The number of nitrogens with zero attached hydrogens (tertiary/aromatic N) is 2. The Balaban J connectivity index is 1.23. The van der Waals surface area contributed by atoms with E-state index >= 15 is 0 Å². The molecule has 6 atom stereocenters. The van der Waals surface area contributed by atoms with E-state index in [4.69, 9.17) is 9.47 Å². The van der Waals surface area contributed by atoms with Crippen molar-refractivity contribution in [3.05, 3.63) is 47.5 Å². The van der Waals surface area contributed by atoms with Gasteiger partial charge in [0.05, 0.1) is 18.2 Å². The van der Waals surface area contributed by atoms with Crippen LogP contribution in [0.4, 0.5) is 4.79 Å². The molecule has 0 radical (unpaired) electrons. The van der Waals surface area contributed by atoms with E-state index in [-0.39, 0.29) is 30.7 Å². The average molecular weight is 680 g/mol. The molecule has 13 heteroatoms. The van der Waals surface area contributed by atoms with E-state index in [0.717, 1.165) is 43.2 Å². The van der Waals surface area contributed by atoms with Gasteiger partial charge in [0.1, 0.15) is 17.7 Å². The fourth-order valence-electron chi connectivity index (χ4n) is 7.08. The zero-order valence-electron chi connectivity index (χ0n) is 28.6. The molecule has 13 nitrogen and oxygen atoms in total. The first-order chi connectivity index (χ1) is 23.3. The number of amides is 5. The third kappa shape index (κ3) is 8.33. The summed E-state index contributed by atoms with van der Waals surface area (Å²) in [6.45, 7) is 6.13. The van der Waals surface area contributed by atoms with Gasteiger partial charge in [-0.2, -0.15) is 0 Å². The lowest BCUT2D eigenvalue weighted by Gasteiger charge is -2.32. The maximum Gasteiger partial charge on any atom is 0.410 e. The lowest BCUT2D eigenvalue weighted by Crippen LogP contribution is -2.58.